The van der Waals surface area contributed by atoms with Crippen LogP contribution in [0.5, 0.6) is 17.4 Å². The molecule has 6 aromatic rings. The molecule has 1 radical (unpaired) electrons. The molecule has 0 aliphatic heterocycles. The van der Waals surface area contributed by atoms with Crippen LogP contribution in [0.2, 0.25) is 0 Å². The molecule has 4 aromatic carbocycles. The maximum atomic E-state index is 12.5. The van der Waals surface area contributed by atoms with Crippen molar-refractivity contribution >= 4 is 34.1 Å². The predicted octanol–water partition coefficient (Wildman–Crippen LogP) is 5.52. The molecule has 0 atom stereocenters. The van der Waals surface area contributed by atoms with Crippen LogP contribution in [0.4, 0.5) is 34.1 Å². The Balaban J connectivity index is 0.000000224. The van der Waals surface area contributed by atoms with E-state index in [0.29, 0.717) is 22.8 Å². The van der Waals surface area contributed by atoms with Crippen molar-refractivity contribution in [2.45, 2.75) is 13.8 Å². The van der Waals surface area contributed by atoms with Crippen LogP contribution in [0.15, 0.2) is 122 Å². The van der Waals surface area contributed by atoms with Crippen LogP contribution in [0.3, 0.4) is 0 Å². The Morgan fingerprint density at radius 3 is 1.82 bits per heavy atom. The van der Waals surface area contributed by atoms with Gasteiger partial charge in [0.25, 0.3) is 16.9 Å². The zero-order chi connectivity index (χ0) is 35.9. The second-order valence-electron chi connectivity index (χ2n) is 10.3. The predicted molar refractivity (Wildman–Crippen MR) is 172 cm³/mol. The van der Waals surface area contributed by atoms with Crippen molar-refractivity contribution < 1.29 is 42.5 Å². The molecule has 0 saturated carbocycles. The summed E-state index contributed by atoms with van der Waals surface area (Å²) in [7, 11) is 0. The number of non-ortho nitro benzene ring substituents is 2. The number of benzene rings is 4. The number of para-hydroxylation sites is 2. The third-order valence-corrected chi connectivity index (χ3v) is 6.87. The molecule has 0 unspecified atom stereocenters. The van der Waals surface area contributed by atoms with Gasteiger partial charge in [-0.05, 0) is 44.2 Å². The van der Waals surface area contributed by atoms with E-state index in [0.717, 1.165) is 30.3 Å². The van der Waals surface area contributed by atoms with E-state index in [2.05, 4.69) is 30.7 Å². The molecular formula is C32H23CrN10O8. The number of nitro groups is 2. The number of nitro benzene ring substituents is 2. The minimum absolute atomic E-state index is 0. The third kappa shape index (κ3) is 8.37. The fraction of sp³-hybridized carbons (Fsp3) is 0.0625. The van der Waals surface area contributed by atoms with Crippen LogP contribution in [0.25, 0.3) is 11.4 Å². The molecule has 6 rings (SSSR count). The molecule has 1 N–H and O–H groups in total. The second-order valence-corrected chi connectivity index (χ2v) is 10.3. The van der Waals surface area contributed by atoms with Crippen molar-refractivity contribution in [1.82, 2.24) is 19.6 Å². The molecular weight excluding hydrogens is 704 g/mol. The first-order valence-electron chi connectivity index (χ1n) is 14.4. The van der Waals surface area contributed by atoms with Crippen molar-refractivity contribution in [2.24, 2.45) is 20.5 Å². The smallest absolute Gasteiger partial charge is 0.871 e. The molecule has 19 heteroatoms. The summed E-state index contributed by atoms with van der Waals surface area (Å²) in [5, 5.41) is 79.5. The van der Waals surface area contributed by atoms with Gasteiger partial charge >= 0.3 is 17.4 Å². The van der Waals surface area contributed by atoms with Crippen LogP contribution >= 0.6 is 0 Å². The van der Waals surface area contributed by atoms with E-state index in [-0.39, 0.29) is 51.5 Å². The molecule has 0 aliphatic carbocycles. The number of azo groups is 2. The Morgan fingerprint density at radius 1 is 0.667 bits per heavy atom. The van der Waals surface area contributed by atoms with E-state index in [1.54, 1.807) is 62.4 Å². The van der Waals surface area contributed by atoms with E-state index >= 15 is 0 Å². The number of rotatable bonds is 8. The molecule has 2 heterocycles. The Bertz CT molecular complexity index is 2320. The van der Waals surface area contributed by atoms with Crippen LogP contribution in [-0.4, -0.2) is 29.4 Å². The Morgan fingerprint density at radius 2 is 1.22 bits per heavy atom. The fourth-order valence-corrected chi connectivity index (χ4v) is 4.38. The quantitative estimate of drug-likeness (QED) is 0.117. The number of nitrogens with one attached hydrogen (secondary N) is 1. The Hall–Kier alpha value is -6.97. The molecule has 2 aromatic heterocycles. The zero-order valence-corrected chi connectivity index (χ0v) is 27.7. The molecule has 0 bridgehead atoms. The second kappa shape index (κ2) is 16.0. The zero-order valence-electron chi connectivity index (χ0n) is 26.4. The van der Waals surface area contributed by atoms with Crippen molar-refractivity contribution in [3.05, 3.63) is 139 Å². The van der Waals surface area contributed by atoms with Crippen molar-refractivity contribution in [3.8, 4) is 28.8 Å². The van der Waals surface area contributed by atoms with E-state index in [1.807, 2.05) is 12.1 Å². The van der Waals surface area contributed by atoms with Crippen molar-refractivity contribution in [1.29, 1.82) is 0 Å². The molecule has 0 saturated heterocycles. The van der Waals surface area contributed by atoms with E-state index in [4.69, 9.17) is 0 Å². The first-order chi connectivity index (χ1) is 23.9. The van der Waals surface area contributed by atoms with Crippen LogP contribution in [-0.2, 0) is 17.4 Å². The average Bonchev–Trinajstić information content (AvgIpc) is 3.56. The number of nitrogens with zero attached hydrogens (tertiary/aromatic N) is 9. The number of hydrogen-bond acceptors (Lipinski definition) is 13. The van der Waals surface area contributed by atoms with Gasteiger partial charge in [0.2, 0.25) is 0 Å². The summed E-state index contributed by atoms with van der Waals surface area (Å²) in [5.74, 6) is -1.67. The van der Waals surface area contributed by atoms with Gasteiger partial charge in [-0.25, -0.2) is 9.36 Å². The average molecular weight is 728 g/mol. The van der Waals surface area contributed by atoms with Gasteiger partial charge in [-0.1, -0.05) is 54.0 Å². The summed E-state index contributed by atoms with van der Waals surface area (Å²) in [6.45, 7) is 3.24. The van der Waals surface area contributed by atoms with Gasteiger partial charge in [-0.15, -0.1) is 10.2 Å². The topological polar surface area (TPSA) is 261 Å². The third-order valence-electron chi connectivity index (χ3n) is 6.87. The summed E-state index contributed by atoms with van der Waals surface area (Å²) in [5.41, 5.74) is 0.701. The van der Waals surface area contributed by atoms with Gasteiger partial charge in [0.1, 0.15) is 5.69 Å². The van der Waals surface area contributed by atoms with Gasteiger partial charge in [-0.3, -0.25) is 30.1 Å². The first kappa shape index (κ1) is 36.9. The minimum Gasteiger partial charge on any atom is -0.871 e. The van der Waals surface area contributed by atoms with E-state index < -0.39 is 32.8 Å². The number of hydrogen-bond donors (Lipinski definition) is 1. The number of aromatic nitrogens is 4. The van der Waals surface area contributed by atoms with Crippen molar-refractivity contribution in [3.63, 3.8) is 0 Å². The van der Waals surface area contributed by atoms with Gasteiger partial charge < -0.3 is 15.3 Å². The van der Waals surface area contributed by atoms with Crippen LogP contribution in [0, 0.1) is 34.1 Å². The molecule has 0 spiro atoms. The largest absolute Gasteiger partial charge is 3.00 e. The maximum Gasteiger partial charge on any atom is 3.00 e. The van der Waals surface area contributed by atoms with Crippen LogP contribution in [0.1, 0.15) is 11.4 Å². The minimum atomic E-state index is -0.669. The van der Waals surface area contributed by atoms with E-state index in [1.165, 1.54) is 15.4 Å². The fourth-order valence-electron chi connectivity index (χ4n) is 4.38. The summed E-state index contributed by atoms with van der Waals surface area (Å²) >= 11 is 0. The van der Waals surface area contributed by atoms with Gasteiger partial charge in [0, 0.05) is 30.1 Å². The SMILES string of the molecule is Cc1[nH]n(-c2ccccc2)c(=O)c1N=Nc1ccc([N+](=O)[O-])cc1[O-].Cc1nn(-c2ccccc2)c([O-])c1N=Nc1cc([N+](=O)[O-])ccc1[O-].[Cr+3]. The van der Waals surface area contributed by atoms with Gasteiger partial charge in [0.05, 0.1) is 44.0 Å². The summed E-state index contributed by atoms with van der Waals surface area (Å²) in [6, 6.07) is 24.0. The Labute approximate surface area is 297 Å². The standard InChI is InChI=1S/2C16H13N5O4.Cr/c1-10-15(16(23)20(19-10)11-5-3-2-4-6-11)18-17-13-9-12(21(24)25)7-8-14(13)22;1-10-15(16(23)20(19-10)11-5-3-2-4-6-11)18-17-13-8-7-12(21(24)25)9-14(13)22;/h2-9,22-23H,1H3;2-9,19,22H,1H3;/q;;+3/p-3. The molecule has 0 aliphatic rings. The van der Waals surface area contributed by atoms with Crippen LogP contribution < -0.4 is 20.9 Å². The maximum absolute atomic E-state index is 12.5. The number of aromatic amines is 1. The summed E-state index contributed by atoms with van der Waals surface area (Å²) < 4.78 is 2.49. The van der Waals surface area contributed by atoms with Gasteiger partial charge in [-0.2, -0.15) is 15.3 Å². The number of H-pyrrole nitrogens is 1. The summed E-state index contributed by atoms with van der Waals surface area (Å²) in [4.78, 5) is 32.5. The first-order valence-corrected chi connectivity index (χ1v) is 14.4. The molecule has 18 nitrogen and oxygen atoms in total. The normalized spacial score (nSPS) is 10.9. The van der Waals surface area contributed by atoms with E-state index in [9.17, 15) is 40.3 Å². The monoisotopic (exact) mass is 727 g/mol. The number of aryl methyl sites for hydroxylation is 2. The molecule has 0 fully saturated rings. The summed E-state index contributed by atoms with van der Waals surface area (Å²) in [6.07, 6.45) is 0. The molecule has 0 amide bonds. The Kier molecular flexibility index (Phi) is 11.5. The molecule has 255 valence electrons. The van der Waals surface area contributed by atoms with Gasteiger partial charge in [0.15, 0.2) is 5.69 Å². The molecule has 51 heavy (non-hydrogen) atoms. The van der Waals surface area contributed by atoms with Crippen molar-refractivity contribution in [2.75, 3.05) is 0 Å².